The summed E-state index contributed by atoms with van der Waals surface area (Å²) in [6, 6.07) is 53.7. The second-order valence-electron chi connectivity index (χ2n) is 18.0. The molecule has 67 heavy (non-hydrogen) atoms. The third-order valence-electron chi connectivity index (χ3n) is 11.0. The van der Waals surface area contributed by atoms with Crippen LogP contribution in [0, 0.1) is 0 Å². The molecule has 0 radical (unpaired) electrons. The van der Waals surface area contributed by atoms with E-state index in [1.807, 2.05) is 91.3 Å². The highest BCUT2D eigenvalue weighted by atomic mass is 16.1. The van der Waals surface area contributed by atoms with Gasteiger partial charge in [-0.3, -0.25) is 29.7 Å². The topological polar surface area (TPSA) is 123 Å². The molecule has 0 amide bonds. The maximum absolute atomic E-state index is 11.0. The van der Waals surface area contributed by atoms with Gasteiger partial charge in [0.2, 0.25) is 0 Å². The lowest BCUT2D eigenvalue weighted by molar-refractivity contribution is 0.588. The van der Waals surface area contributed by atoms with Gasteiger partial charge in [-0.25, -0.2) is 9.97 Å². The van der Waals surface area contributed by atoms with Crippen LogP contribution >= 0.6 is 0 Å². The molecule has 0 aliphatic carbocycles. The number of aromatic amines is 1. The van der Waals surface area contributed by atoms with Crippen molar-refractivity contribution in [1.29, 1.82) is 0 Å². The fourth-order valence-electron chi connectivity index (χ4n) is 7.29. The van der Waals surface area contributed by atoms with E-state index in [2.05, 4.69) is 154 Å². The molecule has 0 spiro atoms. The summed E-state index contributed by atoms with van der Waals surface area (Å²) in [5, 5.41) is 4.58. The van der Waals surface area contributed by atoms with Gasteiger partial charge in [-0.05, 0) is 94.8 Å². The van der Waals surface area contributed by atoms with Crippen LogP contribution in [0.2, 0.25) is 0 Å². The van der Waals surface area contributed by atoms with Gasteiger partial charge in [-0.2, -0.15) is 0 Å². The molecule has 11 aromatic rings. The lowest BCUT2D eigenvalue weighted by Gasteiger charge is -2.21. The van der Waals surface area contributed by atoms with Gasteiger partial charge in [0, 0.05) is 70.9 Å². The Labute approximate surface area is 390 Å². The Balaban J connectivity index is 0.000000123. The number of nitrogens with zero attached hydrogens (tertiary/aromatic N) is 7. The summed E-state index contributed by atoms with van der Waals surface area (Å²) in [6.45, 7) is 13.3. The van der Waals surface area contributed by atoms with Gasteiger partial charge in [0.25, 0.3) is 0 Å². The predicted molar refractivity (Wildman–Crippen MR) is 275 cm³/mol. The van der Waals surface area contributed by atoms with Gasteiger partial charge in [0.1, 0.15) is 0 Å². The number of H-pyrrole nitrogens is 1. The number of fused-ring (bicyclic) bond motifs is 5. The summed E-state index contributed by atoms with van der Waals surface area (Å²) in [6.07, 6.45) is 10.7. The molecule has 330 valence electrons. The van der Waals surface area contributed by atoms with Crippen LogP contribution in [0.1, 0.15) is 52.7 Å². The number of pyridine rings is 8. The van der Waals surface area contributed by atoms with Crippen LogP contribution in [0.3, 0.4) is 0 Å². The minimum atomic E-state index is -0.0144. The summed E-state index contributed by atoms with van der Waals surface area (Å²) in [7, 11) is 0. The van der Waals surface area contributed by atoms with E-state index in [1.165, 1.54) is 23.3 Å². The van der Waals surface area contributed by atoms with Crippen LogP contribution in [0.15, 0.2) is 206 Å². The van der Waals surface area contributed by atoms with E-state index in [0.29, 0.717) is 0 Å². The molecule has 9 heteroatoms. The van der Waals surface area contributed by atoms with Crippen LogP contribution in [0.25, 0.3) is 77.8 Å². The molecular formula is C58H52N8O. The molecule has 0 unspecified atom stereocenters. The Hall–Kier alpha value is -8.30. The third kappa shape index (κ3) is 11.5. The molecule has 1 N–H and O–H groups in total. The second kappa shape index (κ2) is 20.3. The normalized spacial score (nSPS) is 11.2. The Morgan fingerprint density at radius 2 is 0.821 bits per heavy atom. The first-order valence-electron chi connectivity index (χ1n) is 22.2. The smallest absolute Gasteiger partial charge is 0.182 e. The lowest BCUT2D eigenvalue weighted by atomic mass is 9.86. The molecule has 8 aromatic heterocycles. The van der Waals surface area contributed by atoms with E-state index >= 15 is 0 Å². The molecule has 0 bridgehead atoms. The van der Waals surface area contributed by atoms with Gasteiger partial charge in [-0.1, -0.05) is 120 Å². The molecule has 9 nitrogen and oxygen atoms in total. The third-order valence-corrected chi connectivity index (χ3v) is 11.0. The standard InChI is InChI=1S/C18H12N2.C18H24N2.C12H8N2.C10H8N2O/c1-3-7-15-13(5-1)9-11-17(19-15)18-12-10-14-6-2-4-8-16(14)20-18;1-17(2,3)13-7-9-19-15(11-13)16-12-14(8-10-20-16)18(4,5)6;1-3-9-5-6-10-4-2-8-14-12(10)11(9)13-7-1;13-8-4-6-12-10(7-8)9-3-1-2-5-11-9/h1-12H;7-12H,1-6H3;1-8H;1-7H,(H,12,13). The van der Waals surface area contributed by atoms with Crippen LogP contribution in [-0.2, 0) is 10.8 Å². The molecule has 11 rings (SSSR count). The number of aromatic nitrogens is 8. The fourth-order valence-corrected chi connectivity index (χ4v) is 7.29. The average molecular weight is 877 g/mol. The number of benzene rings is 3. The van der Waals surface area contributed by atoms with Crippen LogP contribution < -0.4 is 5.43 Å². The summed E-state index contributed by atoms with van der Waals surface area (Å²) >= 11 is 0. The number of hydrogen-bond donors (Lipinski definition) is 1. The number of rotatable bonds is 3. The highest BCUT2D eigenvalue weighted by Gasteiger charge is 2.17. The van der Waals surface area contributed by atoms with Crippen molar-refractivity contribution in [2.24, 2.45) is 0 Å². The molecule has 0 aliphatic rings. The first-order chi connectivity index (χ1) is 32.4. The highest BCUT2D eigenvalue weighted by Crippen LogP contribution is 2.29. The van der Waals surface area contributed by atoms with E-state index in [-0.39, 0.29) is 16.3 Å². The van der Waals surface area contributed by atoms with Crippen LogP contribution in [0.5, 0.6) is 0 Å². The number of nitrogens with one attached hydrogen (secondary N) is 1. The Bertz CT molecular complexity index is 3300. The summed E-state index contributed by atoms with van der Waals surface area (Å²) in [4.78, 5) is 45.1. The first kappa shape index (κ1) is 45.3. The zero-order valence-corrected chi connectivity index (χ0v) is 38.6. The molecule has 0 saturated carbocycles. The molecule has 0 aliphatic heterocycles. The van der Waals surface area contributed by atoms with E-state index in [4.69, 9.17) is 0 Å². The molecule has 3 aromatic carbocycles. The number of para-hydroxylation sites is 2. The maximum atomic E-state index is 11.0. The molecule has 0 saturated heterocycles. The average Bonchev–Trinajstić information content (AvgIpc) is 3.36. The van der Waals surface area contributed by atoms with E-state index in [0.717, 1.165) is 77.8 Å². The Morgan fingerprint density at radius 1 is 0.373 bits per heavy atom. The van der Waals surface area contributed by atoms with Gasteiger partial charge in [0.15, 0.2) is 5.43 Å². The van der Waals surface area contributed by atoms with Gasteiger partial charge >= 0.3 is 0 Å². The molecule has 0 atom stereocenters. The minimum absolute atomic E-state index is 0.0144. The zero-order valence-electron chi connectivity index (χ0n) is 38.6. The van der Waals surface area contributed by atoms with Crippen molar-refractivity contribution < 1.29 is 0 Å². The Kier molecular flexibility index (Phi) is 13.7. The van der Waals surface area contributed by atoms with Crippen LogP contribution in [-0.4, -0.2) is 39.9 Å². The van der Waals surface area contributed by atoms with E-state index in [1.54, 1.807) is 24.8 Å². The first-order valence-corrected chi connectivity index (χ1v) is 22.2. The monoisotopic (exact) mass is 876 g/mol. The SMILES string of the molecule is CC(C)(C)c1ccnc(-c2cc(C(C)(C)C)ccn2)c1.O=c1cc[nH]c(-c2ccccn2)c1.c1ccc2nc(-c3ccc4ccccc4n3)ccc2c1.c1cnc2c(c1)ccc1cccnc12. The van der Waals surface area contributed by atoms with Crippen molar-refractivity contribution in [1.82, 2.24) is 39.9 Å². The largest absolute Gasteiger partial charge is 0.360 e. The van der Waals surface area contributed by atoms with Crippen molar-refractivity contribution in [3.8, 4) is 34.2 Å². The van der Waals surface area contributed by atoms with Gasteiger partial charge < -0.3 is 4.98 Å². The maximum Gasteiger partial charge on any atom is 0.182 e. The van der Waals surface area contributed by atoms with Crippen molar-refractivity contribution >= 4 is 43.6 Å². The van der Waals surface area contributed by atoms with Gasteiger partial charge in [-0.15, -0.1) is 0 Å². The zero-order chi connectivity index (χ0) is 46.8. The summed E-state index contributed by atoms with van der Waals surface area (Å²) < 4.78 is 0. The summed E-state index contributed by atoms with van der Waals surface area (Å²) in [5.74, 6) is 0. The molecule has 0 fully saturated rings. The second-order valence-corrected chi connectivity index (χ2v) is 18.0. The van der Waals surface area contributed by atoms with Crippen molar-refractivity contribution in [3.63, 3.8) is 0 Å². The summed E-state index contributed by atoms with van der Waals surface area (Å²) in [5.41, 5.74) is 12.0. The molecule has 8 heterocycles. The van der Waals surface area contributed by atoms with Crippen LogP contribution in [0.4, 0.5) is 0 Å². The van der Waals surface area contributed by atoms with E-state index in [9.17, 15) is 4.79 Å². The van der Waals surface area contributed by atoms with E-state index < -0.39 is 0 Å². The predicted octanol–water partition coefficient (Wildman–Crippen LogP) is 13.4. The van der Waals surface area contributed by atoms with Crippen molar-refractivity contribution in [2.45, 2.75) is 52.4 Å². The van der Waals surface area contributed by atoms with Crippen molar-refractivity contribution in [2.75, 3.05) is 0 Å². The number of hydrogen-bond acceptors (Lipinski definition) is 8. The minimum Gasteiger partial charge on any atom is -0.360 e. The lowest BCUT2D eigenvalue weighted by Crippen LogP contribution is -2.12. The van der Waals surface area contributed by atoms with Gasteiger partial charge in [0.05, 0.1) is 56.2 Å². The quantitative estimate of drug-likeness (QED) is 0.174. The molecular weight excluding hydrogens is 825 g/mol. The fraction of sp³-hybridized carbons (Fsp3) is 0.138. The van der Waals surface area contributed by atoms with Crippen molar-refractivity contribution in [3.05, 3.63) is 222 Å². The highest BCUT2D eigenvalue weighted by molar-refractivity contribution is 6.02. The Morgan fingerprint density at radius 3 is 1.30 bits per heavy atom.